The summed E-state index contributed by atoms with van der Waals surface area (Å²) < 4.78 is 22.8. The molecule has 2 N–H and O–H groups in total. The van der Waals surface area contributed by atoms with E-state index >= 15 is 0 Å². The highest BCUT2D eigenvalue weighted by molar-refractivity contribution is 4.83. The second-order valence-electron chi connectivity index (χ2n) is 6.05. The summed E-state index contributed by atoms with van der Waals surface area (Å²) >= 11 is 0. The average molecular weight is 274 g/mol. The molecule has 2 saturated heterocycles. The Kier molecular flexibility index (Phi) is 4.49. The summed E-state index contributed by atoms with van der Waals surface area (Å²) in [6.07, 6.45) is 0. The van der Waals surface area contributed by atoms with Crippen molar-refractivity contribution in [3.05, 3.63) is 0 Å². The lowest BCUT2D eigenvalue weighted by Crippen LogP contribution is -2.60. The molecule has 0 aromatic carbocycles. The molecule has 112 valence electrons. The first-order valence-electron chi connectivity index (χ1n) is 6.85. The zero-order chi connectivity index (χ0) is 14.1. The molecule has 2 heterocycles. The van der Waals surface area contributed by atoms with E-state index < -0.39 is 11.6 Å². The van der Waals surface area contributed by atoms with Crippen LogP contribution in [0.3, 0.4) is 0 Å². The van der Waals surface area contributed by atoms with Gasteiger partial charge in [-0.1, -0.05) is 0 Å². The molecule has 0 bridgehead atoms. The summed E-state index contributed by atoms with van der Waals surface area (Å²) in [5.41, 5.74) is 5.87. The van der Waals surface area contributed by atoms with Crippen molar-refractivity contribution in [2.75, 3.05) is 33.1 Å². The van der Waals surface area contributed by atoms with Crippen LogP contribution in [-0.4, -0.2) is 61.7 Å². The van der Waals surface area contributed by atoms with Crippen LogP contribution in [0.15, 0.2) is 0 Å². The number of ether oxygens (including phenoxy) is 4. The van der Waals surface area contributed by atoms with Gasteiger partial charge >= 0.3 is 0 Å². The molecule has 0 amide bonds. The third kappa shape index (κ3) is 3.87. The SMILES string of the molecule is CC1(C)OCC(N(CN)C2COC(C)(C)OC2)CO1. The maximum Gasteiger partial charge on any atom is 0.162 e. The van der Waals surface area contributed by atoms with Crippen molar-refractivity contribution in [1.29, 1.82) is 0 Å². The van der Waals surface area contributed by atoms with Crippen LogP contribution in [0.5, 0.6) is 0 Å². The fourth-order valence-electron chi connectivity index (χ4n) is 2.35. The molecular formula is C13H26N2O4. The molecule has 0 aromatic heterocycles. The van der Waals surface area contributed by atoms with Crippen LogP contribution in [0.2, 0.25) is 0 Å². The Labute approximate surface area is 115 Å². The highest BCUT2D eigenvalue weighted by Crippen LogP contribution is 2.24. The number of nitrogens with two attached hydrogens (primary N) is 1. The van der Waals surface area contributed by atoms with E-state index in [1.807, 2.05) is 27.7 Å². The molecule has 6 nitrogen and oxygen atoms in total. The molecule has 0 saturated carbocycles. The minimum absolute atomic E-state index is 0.149. The molecule has 2 fully saturated rings. The van der Waals surface area contributed by atoms with Gasteiger partial charge in [0.15, 0.2) is 11.6 Å². The molecule has 19 heavy (non-hydrogen) atoms. The molecule has 6 heteroatoms. The second kappa shape index (κ2) is 5.63. The van der Waals surface area contributed by atoms with E-state index in [1.165, 1.54) is 0 Å². The van der Waals surface area contributed by atoms with Crippen LogP contribution in [0.25, 0.3) is 0 Å². The Morgan fingerprint density at radius 3 is 1.42 bits per heavy atom. The zero-order valence-corrected chi connectivity index (χ0v) is 12.3. The maximum absolute atomic E-state index is 5.87. The maximum atomic E-state index is 5.87. The number of rotatable bonds is 3. The van der Waals surface area contributed by atoms with Gasteiger partial charge in [-0.25, -0.2) is 0 Å². The molecular weight excluding hydrogens is 248 g/mol. The van der Waals surface area contributed by atoms with Gasteiger partial charge in [-0.2, -0.15) is 0 Å². The third-order valence-electron chi connectivity index (χ3n) is 3.64. The lowest BCUT2D eigenvalue weighted by molar-refractivity contribution is -0.287. The normalized spacial score (nSPS) is 28.7. The highest BCUT2D eigenvalue weighted by Gasteiger charge is 2.37. The van der Waals surface area contributed by atoms with Gasteiger partial charge in [0, 0.05) is 6.67 Å². The van der Waals surface area contributed by atoms with E-state index in [4.69, 9.17) is 24.7 Å². The van der Waals surface area contributed by atoms with E-state index in [-0.39, 0.29) is 12.1 Å². The van der Waals surface area contributed by atoms with Crippen LogP contribution < -0.4 is 5.73 Å². The Bertz CT molecular complexity index is 261. The minimum Gasteiger partial charge on any atom is -0.349 e. The van der Waals surface area contributed by atoms with Crippen molar-refractivity contribution in [2.45, 2.75) is 51.4 Å². The number of hydrogen-bond acceptors (Lipinski definition) is 6. The fraction of sp³-hybridized carbons (Fsp3) is 1.00. The van der Waals surface area contributed by atoms with Crippen LogP contribution in [0.4, 0.5) is 0 Å². The predicted octanol–water partition coefficient (Wildman–Crippen LogP) is 0.508. The molecule has 2 rings (SSSR count). The largest absolute Gasteiger partial charge is 0.349 e. The van der Waals surface area contributed by atoms with E-state index in [2.05, 4.69) is 4.90 Å². The lowest BCUT2D eigenvalue weighted by Gasteiger charge is -2.45. The van der Waals surface area contributed by atoms with Gasteiger partial charge in [0.25, 0.3) is 0 Å². The Morgan fingerprint density at radius 1 is 0.842 bits per heavy atom. The van der Waals surface area contributed by atoms with Gasteiger partial charge in [-0.05, 0) is 27.7 Å². The van der Waals surface area contributed by atoms with Gasteiger partial charge in [0.1, 0.15) is 0 Å². The number of nitrogens with zero attached hydrogens (tertiary/aromatic N) is 1. The fourth-order valence-corrected chi connectivity index (χ4v) is 2.35. The smallest absolute Gasteiger partial charge is 0.162 e. The molecule has 0 unspecified atom stereocenters. The lowest BCUT2D eigenvalue weighted by atomic mass is 10.1. The molecule has 0 aliphatic carbocycles. The van der Waals surface area contributed by atoms with Crippen LogP contribution in [0.1, 0.15) is 27.7 Å². The summed E-state index contributed by atoms with van der Waals surface area (Å²) in [7, 11) is 0. The van der Waals surface area contributed by atoms with E-state index in [0.29, 0.717) is 33.1 Å². The van der Waals surface area contributed by atoms with E-state index in [9.17, 15) is 0 Å². The minimum atomic E-state index is -0.502. The molecule has 0 radical (unpaired) electrons. The predicted molar refractivity (Wildman–Crippen MR) is 70.4 cm³/mol. The topological polar surface area (TPSA) is 66.2 Å². The second-order valence-corrected chi connectivity index (χ2v) is 6.05. The van der Waals surface area contributed by atoms with Gasteiger partial charge in [-0.3, -0.25) is 4.90 Å². The first kappa shape index (κ1) is 15.2. The van der Waals surface area contributed by atoms with Crippen molar-refractivity contribution in [3.8, 4) is 0 Å². The number of hydrogen-bond donors (Lipinski definition) is 1. The van der Waals surface area contributed by atoms with Gasteiger partial charge in [-0.15, -0.1) is 0 Å². The Balaban J connectivity index is 1.90. The summed E-state index contributed by atoms with van der Waals surface area (Å²) in [6, 6.07) is 0.299. The summed E-state index contributed by atoms with van der Waals surface area (Å²) in [4.78, 5) is 2.14. The van der Waals surface area contributed by atoms with E-state index in [0.717, 1.165) is 0 Å². The molecule has 0 spiro atoms. The van der Waals surface area contributed by atoms with Crippen molar-refractivity contribution in [1.82, 2.24) is 4.90 Å². The Hall–Kier alpha value is -0.240. The first-order valence-corrected chi connectivity index (χ1v) is 6.85. The quantitative estimate of drug-likeness (QED) is 0.756. The highest BCUT2D eigenvalue weighted by atomic mass is 16.7. The molecule has 0 aromatic rings. The molecule has 0 atom stereocenters. The van der Waals surface area contributed by atoms with Crippen LogP contribution >= 0.6 is 0 Å². The molecule has 2 aliphatic rings. The van der Waals surface area contributed by atoms with Crippen molar-refractivity contribution in [2.24, 2.45) is 5.73 Å². The first-order chi connectivity index (χ1) is 8.83. The van der Waals surface area contributed by atoms with Gasteiger partial charge in [0.2, 0.25) is 0 Å². The Morgan fingerprint density at radius 2 is 1.16 bits per heavy atom. The monoisotopic (exact) mass is 274 g/mol. The van der Waals surface area contributed by atoms with Gasteiger partial charge in [0.05, 0.1) is 38.5 Å². The molecule has 2 aliphatic heterocycles. The average Bonchev–Trinajstić information content (AvgIpc) is 2.34. The third-order valence-corrected chi connectivity index (χ3v) is 3.64. The van der Waals surface area contributed by atoms with Crippen molar-refractivity contribution < 1.29 is 18.9 Å². The summed E-state index contributed by atoms with van der Waals surface area (Å²) in [5, 5.41) is 0. The van der Waals surface area contributed by atoms with Crippen molar-refractivity contribution in [3.63, 3.8) is 0 Å². The zero-order valence-electron chi connectivity index (χ0n) is 12.3. The summed E-state index contributed by atoms with van der Waals surface area (Å²) in [6.45, 7) is 10.6. The van der Waals surface area contributed by atoms with Gasteiger partial charge < -0.3 is 24.7 Å². The summed E-state index contributed by atoms with van der Waals surface area (Å²) in [5.74, 6) is -1.00. The van der Waals surface area contributed by atoms with Crippen LogP contribution in [-0.2, 0) is 18.9 Å². The standard InChI is InChI=1S/C13H26N2O4/c1-12(2)16-5-10(6-17-12)15(9-14)11-7-18-13(3,4)19-8-11/h10-11H,5-9,14H2,1-4H3. The van der Waals surface area contributed by atoms with Crippen molar-refractivity contribution >= 4 is 0 Å². The van der Waals surface area contributed by atoms with E-state index in [1.54, 1.807) is 0 Å². The van der Waals surface area contributed by atoms with Crippen LogP contribution in [0, 0.1) is 0 Å².